The number of nitrogens with one attached hydrogen (secondary N) is 2. The van der Waals surface area contributed by atoms with Crippen LogP contribution in [0.2, 0.25) is 0 Å². The van der Waals surface area contributed by atoms with E-state index in [0.717, 1.165) is 25.7 Å². The van der Waals surface area contributed by atoms with Gasteiger partial charge in [0.1, 0.15) is 12.0 Å². The van der Waals surface area contributed by atoms with E-state index >= 15 is 0 Å². The number of likely N-dealkylation sites (tertiary alicyclic amines) is 1. The average Bonchev–Trinajstić information content (AvgIpc) is 3.21. The van der Waals surface area contributed by atoms with Crippen LogP contribution in [0.15, 0.2) is 15.5 Å². The van der Waals surface area contributed by atoms with Gasteiger partial charge in [0, 0.05) is 19.4 Å². The Morgan fingerprint density at radius 2 is 2.12 bits per heavy atom. The second-order valence-corrected chi connectivity index (χ2v) is 6.30. The molecule has 1 fully saturated rings. The molecule has 1 aliphatic carbocycles. The number of amides is 1. The van der Waals surface area contributed by atoms with Crippen molar-refractivity contribution in [3.63, 3.8) is 0 Å². The second kappa shape index (κ2) is 5.77. The maximum atomic E-state index is 13.1. The van der Waals surface area contributed by atoms with E-state index in [1.54, 1.807) is 4.90 Å². The van der Waals surface area contributed by atoms with E-state index in [1.807, 2.05) is 0 Å². The molecule has 2 aromatic rings. The first-order valence-corrected chi connectivity index (χ1v) is 8.24. The van der Waals surface area contributed by atoms with Crippen LogP contribution in [0.4, 0.5) is 0 Å². The molecular formula is C16H18N4O4. The third-order valence-electron chi connectivity index (χ3n) is 4.78. The van der Waals surface area contributed by atoms with Gasteiger partial charge in [0.05, 0.1) is 17.2 Å². The Kier molecular flexibility index (Phi) is 3.59. The van der Waals surface area contributed by atoms with Crippen LogP contribution in [0.5, 0.6) is 0 Å². The number of aromatic amines is 2. The highest BCUT2D eigenvalue weighted by Crippen LogP contribution is 2.33. The van der Waals surface area contributed by atoms with Crippen LogP contribution in [0.1, 0.15) is 70.4 Å². The zero-order valence-corrected chi connectivity index (χ0v) is 13.1. The van der Waals surface area contributed by atoms with Crippen molar-refractivity contribution in [2.75, 3.05) is 6.54 Å². The zero-order valence-electron chi connectivity index (χ0n) is 13.1. The predicted molar refractivity (Wildman–Crippen MR) is 82.8 cm³/mol. The Labute approximate surface area is 137 Å². The molecule has 0 spiro atoms. The van der Waals surface area contributed by atoms with Crippen molar-refractivity contribution < 1.29 is 14.0 Å². The minimum absolute atomic E-state index is 0.0323. The van der Waals surface area contributed by atoms with Crippen molar-refractivity contribution in [2.45, 2.75) is 44.6 Å². The molecule has 0 aromatic carbocycles. The molecule has 1 amide bonds. The summed E-state index contributed by atoms with van der Waals surface area (Å²) in [6, 6.07) is -0.297. The summed E-state index contributed by atoms with van der Waals surface area (Å²) < 4.78 is 5.47. The largest absolute Gasteiger partial charge is 0.468 e. The molecule has 1 atom stereocenters. The summed E-state index contributed by atoms with van der Waals surface area (Å²) in [5, 5.41) is 6.32. The number of carbonyl (C=O) groups excluding carboxylic acids is 2. The standard InChI is InChI=1S/C16H18N4O4/c21-11-5-3-6-12-13(11)9(8-24-12)15(22)20-7-2-1-4-10(20)14-17-16(23)19-18-14/h8,10H,1-7H2,(H2,17,18,19,23)/t10-/m1/s1. The number of fused-ring (bicyclic) bond motifs is 1. The van der Waals surface area contributed by atoms with Gasteiger partial charge in [-0.25, -0.2) is 9.89 Å². The Morgan fingerprint density at radius 1 is 1.25 bits per heavy atom. The molecule has 0 unspecified atom stereocenters. The smallest absolute Gasteiger partial charge is 0.340 e. The third-order valence-corrected chi connectivity index (χ3v) is 4.78. The molecule has 2 N–H and O–H groups in total. The van der Waals surface area contributed by atoms with Crippen molar-refractivity contribution in [1.82, 2.24) is 20.1 Å². The molecule has 4 rings (SSSR count). The molecule has 0 radical (unpaired) electrons. The van der Waals surface area contributed by atoms with Crippen LogP contribution in [-0.4, -0.2) is 38.3 Å². The predicted octanol–water partition coefficient (Wildman–Crippen LogP) is 1.58. The van der Waals surface area contributed by atoms with E-state index in [1.165, 1.54) is 6.26 Å². The normalized spacial score (nSPS) is 20.9. The highest BCUT2D eigenvalue weighted by atomic mass is 16.3. The van der Waals surface area contributed by atoms with Crippen LogP contribution in [0, 0.1) is 0 Å². The molecule has 3 heterocycles. The summed E-state index contributed by atoms with van der Waals surface area (Å²) in [7, 11) is 0. The van der Waals surface area contributed by atoms with Gasteiger partial charge in [-0.05, 0) is 25.7 Å². The van der Waals surface area contributed by atoms with Gasteiger partial charge >= 0.3 is 5.69 Å². The fraction of sp³-hybridized carbons (Fsp3) is 0.500. The lowest BCUT2D eigenvalue weighted by Crippen LogP contribution is -2.39. The molecule has 2 aromatic heterocycles. The summed E-state index contributed by atoms with van der Waals surface area (Å²) in [6.45, 7) is 0.562. The molecule has 8 heteroatoms. The number of aryl methyl sites for hydroxylation is 1. The Hall–Kier alpha value is -2.64. The van der Waals surface area contributed by atoms with Gasteiger partial charge in [-0.3, -0.25) is 14.6 Å². The molecule has 1 aliphatic heterocycles. The summed E-state index contributed by atoms with van der Waals surface area (Å²) in [4.78, 5) is 40.9. The van der Waals surface area contributed by atoms with Crippen LogP contribution < -0.4 is 5.69 Å². The lowest BCUT2D eigenvalue weighted by molar-refractivity contribution is 0.0596. The van der Waals surface area contributed by atoms with Gasteiger partial charge in [-0.15, -0.1) is 0 Å². The Balaban J connectivity index is 1.69. The number of carbonyl (C=O) groups is 2. The lowest BCUT2D eigenvalue weighted by Gasteiger charge is -2.34. The Morgan fingerprint density at radius 3 is 2.92 bits per heavy atom. The van der Waals surface area contributed by atoms with Crippen LogP contribution >= 0.6 is 0 Å². The molecule has 2 aliphatic rings. The first-order chi connectivity index (χ1) is 11.6. The summed E-state index contributed by atoms with van der Waals surface area (Å²) >= 11 is 0. The maximum absolute atomic E-state index is 13.1. The van der Waals surface area contributed by atoms with Gasteiger partial charge in [-0.1, -0.05) is 0 Å². The van der Waals surface area contributed by atoms with Gasteiger partial charge in [0.2, 0.25) is 0 Å². The van der Waals surface area contributed by atoms with Gasteiger partial charge in [0.15, 0.2) is 11.6 Å². The maximum Gasteiger partial charge on any atom is 0.340 e. The molecule has 1 saturated heterocycles. The fourth-order valence-electron chi connectivity index (χ4n) is 3.63. The summed E-state index contributed by atoms with van der Waals surface area (Å²) in [5.41, 5.74) is 0.379. The van der Waals surface area contributed by atoms with Crippen LogP contribution in [0.3, 0.4) is 0 Å². The van der Waals surface area contributed by atoms with Crippen LogP contribution in [-0.2, 0) is 6.42 Å². The number of piperidine rings is 1. The zero-order chi connectivity index (χ0) is 16.7. The minimum atomic E-state index is -0.390. The highest BCUT2D eigenvalue weighted by Gasteiger charge is 2.35. The fourth-order valence-corrected chi connectivity index (χ4v) is 3.63. The quantitative estimate of drug-likeness (QED) is 0.868. The number of ketones is 1. The first kappa shape index (κ1) is 14.9. The number of rotatable bonds is 2. The number of Topliss-reactive ketones (excluding diaryl/α,β-unsaturated/α-hetero) is 1. The number of hydrogen-bond acceptors (Lipinski definition) is 5. The van der Waals surface area contributed by atoms with Crippen molar-refractivity contribution in [3.8, 4) is 0 Å². The SMILES string of the molecule is O=C1CCCc2occ(C(=O)N3CCCC[C@@H]3c3n[nH]c(=O)[nH]3)c21. The van der Waals surface area contributed by atoms with Crippen molar-refractivity contribution in [1.29, 1.82) is 0 Å². The average molecular weight is 330 g/mol. The van der Waals surface area contributed by atoms with Crippen LogP contribution in [0.25, 0.3) is 0 Å². The van der Waals surface area contributed by atoms with Gasteiger partial charge in [-0.2, -0.15) is 5.10 Å². The summed E-state index contributed by atoms with van der Waals surface area (Å²) in [6.07, 6.45) is 5.84. The monoisotopic (exact) mass is 330 g/mol. The molecule has 126 valence electrons. The third kappa shape index (κ3) is 2.38. The van der Waals surface area contributed by atoms with Crippen molar-refractivity contribution in [2.24, 2.45) is 0 Å². The van der Waals surface area contributed by atoms with Gasteiger partial charge < -0.3 is 9.32 Å². The van der Waals surface area contributed by atoms with E-state index in [0.29, 0.717) is 42.1 Å². The minimum Gasteiger partial charge on any atom is -0.468 e. The van der Waals surface area contributed by atoms with E-state index in [-0.39, 0.29) is 23.4 Å². The number of hydrogen-bond donors (Lipinski definition) is 2. The first-order valence-electron chi connectivity index (χ1n) is 8.24. The number of H-pyrrole nitrogens is 2. The highest BCUT2D eigenvalue weighted by molar-refractivity contribution is 6.09. The molecule has 24 heavy (non-hydrogen) atoms. The molecule has 0 saturated carbocycles. The van der Waals surface area contributed by atoms with E-state index < -0.39 is 0 Å². The molecular weight excluding hydrogens is 312 g/mol. The van der Waals surface area contributed by atoms with Gasteiger partial charge in [0.25, 0.3) is 5.91 Å². The molecule has 0 bridgehead atoms. The summed E-state index contributed by atoms with van der Waals surface area (Å²) in [5.74, 6) is 0.798. The second-order valence-electron chi connectivity index (χ2n) is 6.30. The number of aromatic nitrogens is 3. The van der Waals surface area contributed by atoms with Crippen molar-refractivity contribution in [3.05, 3.63) is 39.5 Å². The lowest BCUT2D eigenvalue weighted by atomic mass is 9.93. The van der Waals surface area contributed by atoms with E-state index in [9.17, 15) is 14.4 Å². The topological polar surface area (TPSA) is 112 Å². The van der Waals surface area contributed by atoms with Crippen molar-refractivity contribution >= 4 is 11.7 Å². The van der Waals surface area contributed by atoms with E-state index in [4.69, 9.17) is 4.42 Å². The molecule has 8 nitrogen and oxygen atoms in total. The van der Waals surface area contributed by atoms with E-state index in [2.05, 4.69) is 15.2 Å². The number of nitrogens with zero attached hydrogens (tertiary/aromatic N) is 2. The number of furan rings is 1. The Bertz CT molecular complexity index is 846.